The van der Waals surface area contributed by atoms with Crippen LogP contribution in [0.3, 0.4) is 0 Å². The molecule has 2 aromatic rings. The summed E-state index contributed by atoms with van der Waals surface area (Å²) >= 11 is 0. The van der Waals surface area contributed by atoms with Crippen LogP contribution in [0.25, 0.3) is 10.8 Å². The summed E-state index contributed by atoms with van der Waals surface area (Å²) in [5, 5.41) is 1.46. The van der Waals surface area contributed by atoms with E-state index in [0.717, 1.165) is 17.9 Å². The third-order valence-corrected chi connectivity index (χ3v) is 2.96. The summed E-state index contributed by atoms with van der Waals surface area (Å²) in [6.07, 6.45) is -6.23. The van der Waals surface area contributed by atoms with Crippen LogP contribution >= 0.6 is 0 Å². The molecule has 0 spiro atoms. The van der Waals surface area contributed by atoms with Gasteiger partial charge in [-0.1, -0.05) is 30.3 Å². The van der Waals surface area contributed by atoms with E-state index in [4.69, 9.17) is 10.5 Å². The van der Waals surface area contributed by atoms with E-state index >= 15 is 0 Å². The first-order valence-corrected chi connectivity index (χ1v) is 5.87. The largest absolute Gasteiger partial charge is 0.481 e. The molecule has 2 rings (SSSR count). The summed E-state index contributed by atoms with van der Waals surface area (Å²) < 4.78 is 42.6. The first-order valence-electron chi connectivity index (χ1n) is 5.87. The molecule has 0 radical (unpaired) electrons. The van der Waals surface area contributed by atoms with E-state index in [1.54, 1.807) is 18.2 Å². The van der Waals surface area contributed by atoms with Crippen molar-refractivity contribution in [3.05, 3.63) is 42.0 Å². The minimum Gasteiger partial charge on any atom is -0.481 e. The molecule has 0 saturated heterocycles. The van der Waals surface area contributed by atoms with Gasteiger partial charge in [-0.25, -0.2) is 0 Å². The lowest BCUT2D eigenvalue weighted by Crippen LogP contribution is -2.31. The SMILES string of the molecule is CC(Oc1ccc(CN)c2ccccc12)C(F)(F)F. The molecule has 19 heavy (non-hydrogen) atoms. The van der Waals surface area contributed by atoms with Crippen LogP contribution < -0.4 is 10.5 Å². The lowest BCUT2D eigenvalue weighted by atomic mass is 10.0. The molecular formula is C14H14F3NO. The van der Waals surface area contributed by atoms with E-state index in [-0.39, 0.29) is 5.75 Å². The van der Waals surface area contributed by atoms with Gasteiger partial charge in [-0.15, -0.1) is 0 Å². The van der Waals surface area contributed by atoms with Crippen molar-refractivity contribution in [2.24, 2.45) is 5.73 Å². The van der Waals surface area contributed by atoms with Crippen LogP contribution in [-0.2, 0) is 6.54 Å². The first-order chi connectivity index (χ1) is 8.93. The molecular weight excluding hydrogens is 255 g/mol. The quantitative estimate of drug-likeness (QED) is 0.923. The van der Waals surface area contributed by atoms with Gasteiger partial charge in [-0.05, 0) is 23.9 Å². The minimum atomic E-state index is -4.38. The number of rotatable bonds is 3. The molecule has 5 heteroatoms. The zero-order valence-electron chi connectivity index (χ0n) is 10.4. The number of hydrogen-bond acceptors (Lipinski definition) is 2. The van der Waals surface area contributed by atoms with Crippen LogP contribution in [0.15, 0.2) is 36.4 Å². The molecule has 2 nitrogen and oxygen atoms in total. The van der Waals surface area contributed by atoms with Crippen LogP contribution in [0.5, 0.6) is 5.75 Å². The van der Waals surface area contributed by atoms with E-state index in [2.05, 4.69) is 0 Å². The molecule has 102 valence electrons. The maximum absolute atomic E-state index is 12.5. The van der Waals surface area contributed by atoms with E-state index < -0.39 is 12.3 Å². The second kappa shape index (κ2) is 5.09. The highest BCUT2D eigenvalue weighted by Crippen LogP contribution is 2.32. The molecule has 2 N–H and O–H groups in total. The Morgan fingerprint density at radius 3 is 2.32 bits per heavy atom. The van der Waals surface area contributed by atoms with Gasteiger partial charge < -0.3 is 10.5 Å². The third kappa shape index (κ3) is 2.81. The van der Waals surface area contributed by atoms with Gasteiger partial charge in [0, 0.05) is 11.9 Å². The highest BCUT2D eigenvalue weighted by molar-refractivity contribution is 5.91. The van der Waals surface area contributed by atoms with Gasteiger partial charge in [-0.2, -0.15) is 13.2 Å². The summed E-state index contributed by atoms with van der Waals surface area (Å²) in [4.78, 5) is 0. The fraction of sp³-hybridized carbons (Fsp3) is 0.286. The lowest BCUT2D eigenvalue weighted by Gasteiger charge is -2.19. The Kier molecular flexibility index (Phi) is 3.66. The van der Waals surface area contributed by atoms with Gasteiger partial charge in [0.25, 0.3) is 0 Å². The minimum absolute atomic E-state index is 0.220. The van der Waals surface area contributed by atoms with E-state index in [1.165, 1.54) is 6.07 Å². The van der Waals surface area contributed by atoms with Crippen molar-refractivity contribution in [1.29, 1.82) is 0 Å². The van der Waals surface area contributed by atoms with Crippen molar-refractivity contribution in [2.75, 3.05) is 0 Å². The Hall–Kier alpha value is -1.75. The lowest BCUT2D eigenvalue weighted by molar-refractivity contribution is -0.188. The predicted octanol–water partition coefficient (Wildman–Crippen LogP) is 3.63. The summed E-state index contributed by atoms with van der Waals surface area (Å²) in [7, 11) is 0. The normalized spacial score (nSPS) is 13.5. The average Bonchev–Trinajstić information content (AvgIpc) is 2.38. The second-order valence-electron chi connectivity index (χ2n) is 4.27. The molecule has 0 aliphatic carbocycles. The summed E-state index contributed by atoms with van der Waals surface area (Å²) in [6, 6.07) is 10.4. The molecule has 0 aliphatic heterocycles. The zero-order valence-corrected chi connectivity index (χ0v) is 10.4. The second-order valence-corrected chi connectivity index (χ2v) is 4.27. The molecule has 0 amide bonds. The smallest absolute Gasteiger partial charge is 0.425 e. The topological polar surface area (TPSA) is 35.2 Å². The number of nitrogens with two attached hydrogens (primary N) is 1. The third-order valence-electron chi connectivity index (χ3n) is 2.96. The van der Waals surface area contributed by atoms with Crippen molar-refractivity contribution in [3.63, 3.8) is 0 Å². The van der Waals surface area contributed by atoms with Gasteiger partial charge in [0.2, 0.25) is 0 Å². The number of halogens is 3. The van der Waals surface area contributed by atoms with Crippen molar-refractivity contribution >= 4 is 10.8 Å². The molecule has 0 heterocycles. The van der Waals surface area contributed by atoms with E-state index in [9.17, 15) is 13.2 Å². The van der Waals surface area contributed by atoms with Gasteiger partial charge in [0.15, 0.2) is 6.10 Å². The van der Waals surface area contributed by atoms with E-state index in [1.807, 2.05) is 12.1 Å². The highest BCUT2D eigenvalue weighted by atomic mass is 19.4. The van der Waals surface area contributed by atoms with Gasteiger partial charge in [0.05, 0.1) is 0 Å². The maximum atomic E-state index is 12.5. The number of alkyl halides is 3. The standard InChI is InChI=1S/C14H14F3NO/c1-9(14(15,16)17)19-13-7-6-10(8-18)11-4-2-3-5-12(11)13/h2-7,9H,8,18H2,1H3. The van der Waals surface area contributed by atoms with Crippen molar-refractivity contribution in [2.45, 2.75) is 25.7 Å². The predicted molar refractivity (Wildman–Crippen MR) is 68.0 cm³/mol. The number of hydrogen-bond donors (Lipinski definition) is 1. The number of benzene rings is 2. The molecule has 2 aromatic carbocycles. The van der Waals surface area contributed by atoms with Crippen molar-refractivity contribution in [1.82, 2.24) is 0 Å². The fourth-order valence-corrected chi connectivity index (χ4v) is 1.87. The molecule has 0 bridgehead atoms. The fourth-order valence-electron chi connectivity index (χ4n) is 1.87. The van der Waals surface area contributed by atoms with Gasteiger partial charge >= 0.3 is 6.18 Å². The van der Waals surface area contributed by atoms with Crippen molar-refractivity contribution in [3.8, 4) is 5.75 Å². The Morgan fingerprint density at radius 1 is 1.11 bits per heavy atom. The van der Waals surface area contributed by atoms with Crippen LogP contribution in [0.2, 0.25) is 0 Å². The van der Waals surface area contributed by atoms with E-state index in [0.29, 0.717) is 11.9 Å². The van der Waals surface area contributed by atoms with Crippen molar-refractivity contribution < 1.29 is 17.9 Å². The maximum Gasteiger partial charge on any atom is 0.425 e. The Labute approximate surface area is 109 Å². The monoisotopic (exact) mass is 269 g/mol. The molecule has 0 aliphatic rings. The highest BCUT2D eigenvalue weighted by Gasteiger charge is 2.38. The Balaban J connectivity index is 2.45. The molecule has 0 saturated carbocycles. The summed E-state index contributed by atoms with van der Waals surface area (Å²) in [6.45, 7) is 1.32. The average molecular weight is 269 g/mol. The van der Waals surface area contributed by atoms with Crippen LogP contribution in [0.4, 0.5) is 13.2 Å². The zero-order chi connectivity index (χ0) is 14.0. The number of ether oxygens (including phenoxy) is 1. The summed E-state index contributed by atoms with van der Waals surface area (Å²) in [5.74, 6) is 0.220. The first kappa shape index (κ1) is 13.7. The Morgan fingerprint density at radius 2 is 1.74 bits per heavy atom. The van der Waals surface area contributed by atoms with Gasteiger partial charge in [-0.3, -0.25) is 0 Å². The molecule has 1 unspecified atom stereocenters. The number of fused-ring (bicyclic) bond motifs is 1. The van der Waals surface area contributed by atoms with Gasteiger partial charge in [0.1, 0.15) is 5.75 Å². The molecule has 0 fully saturated rings. The van der Waals surface area contributed by atoms with Crippen LogP contribution in [0, 0.1) is 0 Å². The van der Waals surface area contributed by atoms with Crippen LogP contribution in [-0.4, -0.2) is 12.3 Å². The molecule has 1 atom stereocenters. The summed E-state index contributed by atoms with van der Waals surface area (Å²) in [5.41, 5.74) is 6.49. The molecule has 0 aromatic heterocycles. The Bertz CT molecular complexity index is 580. The van der Waals surface area contributed by atoms with Crippen LogP contribution in [0.1, 0.15) is 12.5 Å².